The highest BCUT2D eigenvalue weighted by atomic mass is 32.1. The van der Waals surface area contributed by atoms with Crippen molar-refractivity contribution >= 4 is 23.2 Å². The molecule has 1 amide bonds. The number of amides is 1. The summed E-state index contributed by atoms with van der Waals surface area (Å²) in [6, 6.07) is 2.53. The summed E-state index contributed by atoms with van der Waals surface area (Å²) in [5.41, 5.74) is 5.59. The lowest BCUT2D eigenvalue weighted by Gasteiger charge is -2.18. The number of thiophene rings is 1. The predicted octanol–water partition coefficient (Wildman–Crippen LogP) is 1.12. The van der Waals surface area contributed by atoms with Gasteiger partial charge in [0.2, 0.25) is 5.91 Å². The molecule has 1 heterocycles. The van der Waals surface area contributed by atoms with E-state index in [1.54, 1.807) is 6.07 Å². The third kappa shape index (κ3) is 4.16. The number of carbonyl (C=O) groups excluding carboxylic acids is 1. The van der Waals surface area contributed by atoms with E-state index in [9.17, 15) is 9.59 Å². The molecule has 0 aromatic carbocycles. The van der Waals surface area contributed by atoms with Gasteiger partial charge in [0.25, 0.3) is 0 Å². The Morgan fingerprint density at radius 2 is 2.29 bits per heavy atom. The molecule has 1 aromatic rings. The number of hydrogen-bond acceptors (Lipinski definition) is 4. The topological polar surface area (TPSA) is 92.4 Å². The number of carboxylic acids is 1. The van der Waals surface area contributed by atoms with E-state index in [2.05, 4.69) is 5.32 Å². The molecule has 0 saturated carbocycles. The Morgan fingerprint density at radius 1 is 1.59 bits per heavy atom. The fraction of sp³-hybridized carbons (Fsp3) is 0.455. The zero-order chi connectivity index (χ0) is 12.8. The summed E-state index contributed by atoms with van der Waals surface area (Å²) in [4.78, 5) is 23.2. The minimum Gasteiger partial charge on any atom is -0.481 e. The van der Waals surface area contributed by atoms with Crippen molar-refractivity contribution in [3.63, 3.8) is 0 Å². The first-order chi connectivity index (χ1) is 8.04. The molecule has 1 aromatic heterocycles. The second-order valence-electron chi connectivity index (χ2n) is 3.69. The summed E-state index contributed by atoms with van der Waals surface area (Å²) >= 11 is 1.42. The Kier molecular flexibility index (Phi) is 5.11. The molecule has 17 heavy (non-hydrogen) atoms. The zero-order valence-electron chi connectivity index (χ0n) is 9.55. The van der Waals surface area contributed by atoms with E-state index in [1.165, 1.54) is 11.3 Å². The van der Waals surface area contributed by atoms with Crippen LogP contribution in [0.1, 0.15) is 30.7 Å². The van der Waals surface area contributed by atoms with Gasteiger partial charge in [-0.15, -0.1) is 11.3 Å². The van der Waals surface area contributed by atoms with E-state index in [0.717, 1.165) is 4.88 Å². The SMILES string of the molecule is CC[C@H](N)C(=O)NC(CC(=O)O)c1cccs1. The smallest absolute Gasteiger partial charge is 0.305 e. The highest BCUT2D eigenvalue weighted by molar-refractivity contribution is 7.10. The Labute approximate surface area is 104 Å². The quantitative estimate of drug-likeness (QED) is 0.711. The molecule has 6 heteroatoms. The number of carboxylic acid groups (broad SMARTS) is 1. The van der Waals surface area contributed by atoms with E-state index in [0.29, 0.717) is 6.42 Å². The molecule has 0 fully saturated rings. The van der Waals surface area contributed by atoms with Crippen molar-refractivity contribution in [3.8, 4) is 0 Å². The Bertz CT molecular complexity index is 378. The van der Waals surface area contributed by atoms with Gasteiger partial charge >= 0.3 is 5.97 Å². The Hall–Kier alpha value is -1.40. The third-order valence-electron chi connectivity index (χ3n) is 2.36. The number of nitrogens with one attached hydrogen (secondary N) is 1. The van der Waals surface area contributed by atoms with Crippen LogP contribution in [0.25, 0.3) is 0 Å². The lowest BCUT2D eigenvalue weighted by molar-refractivity contribution is -0.137. The lowest BCUT2D eigenvalue weighted by atomic mass is 10.1. The molecule has 0 spiro atoms. The Morgan fingerprint density at radius 3 is 2.76 bits per heavy atom. The van der Waals surface area contributed by atoms with Crippen LogP contribution >= 0.6 is 11.3 Å². The van der Waals surface area contributed by atoms with Gasteiger partial charge in [0.15, 0.2) is 0 Å². The first-order valence-corrected chi connectivity index (χ1v) is 6.23. The Balaban J connectivity index is 2.71. The molecule has 0 radical (unpaired) electrons. The molecule has 2 atom stereocenters. The van der Waals surface area contributed by atoms with Crippen molar-refractivity contribution in [3.05, 3.63) is 22.4 Å². The lowest BCUT2D eigenvalue weighted by Crippen LogP contribution is -2.42. The molecule has 1 unspecified atom stereocenters. The second kappa shape index (κ2) is 6.36. The van der Waals surface area contributed by atoms with Crippen LogP contribution in [0.15, 0.2) is 17.5 Å². The van der Waals surface area contributed by atoms with Crippen molar-refractivity contribution in [2.75, 3.05) is 0 Å². The normalized spacial score (nSPS) is 14.0. The summed E-state index contributed by atoms with van der Waals surface area (Å²) in [5, 5.41) is 13.3. The second-order valence-corrected chi connectivity index (χ2v) is 4.67. The first-order valence-electron chi connectivity index (χ1n) is 5.35. The van der Waals surface area contributed by atoms with Crippen LogP contribution in [0.4, 0.5) is 0 Å². The van der Waals surface area contributed by atoms with Crippen LogP contribution in [0.5, 0.6) is 0 Å². The molecule has 1 rings (SSSR count). The maximum absolute atomic E-state index is 11.6. The van der Waals surface area contributed by atoms with E-state index < -0.39 is 18.1 Å². The zero-order valence-corrected chi connectivity index (χ0v) is 10.4. The summed E-state index contributed by atoms with van der Waals surface area (Å²) < 4.78 is 0. The average molecular weight is 256 g/mol. The van der Waals surface area contributed by atoms with Gasteiger partial charge < -0.3 is 16.2 Å². The van der Waals surface area contributed by atoms with Gasteiger partial charge in [0.05, 0.1) is 18.5 Å². The fourth-order valence-electron chi connectivity index (χ4n) is 1.35. The van der Waals surface area contributed by atoms with Crippen LogP contribution in [-0.2, 0) is 9.59 Å². The molecule has 0 aliphatic heterocycles. The van der Waals surface area contributed by atoms with Crippen molar-refractivity contribution in [1.29, 1.82) is 0 Å². The molecule has 4 N–H and O–H groups in total. The first kappa shape index (κ1) is 13.7. The van der Waals surface area contributed by atoms with Crippen molar-refractivity contribution in [2.24, 2.45) is 5.73 Å². The van der Waals surface area contributed by atoms with Crippen molar-refractivity contribution in [1.82, 2.24) is 5.32 Å². The number of hydrogen-bond donors (Lipinski definition) is 3. The predicted molar refractivity (Wildman–Crippen MR) is 65.7 cm³/mol. The number of rotatable bonds is 6. The molecule has 0 aliphatic carbocycles. The standard InChI is InChI=1S/C11H16N2O3S/c1-2-7(12)11(16)13-8(6-10(14)15)9-4-3-5-17-9/h3-5,7-8H,2,6,12H2,1H3,(H,13,16)(H,14,15)/t7-,8?/m0/s1. The van der Waals surface area contributed by atoms with E-state index in [-0.39, 0.29) is 12.3 Å². The van der Waals surface area contributed by atoms with E-state index >= 15 is 0 Å². The maximum Gasteiger partial charge on any atom is 0.305 e. The highest BCUT2D eigenvalue weighted by Crippen LogP contribution is 2.22. The molecule has 94 valence electrons. The number of aliphatic carboxylic acids is 1. The summed E-state index contributed by atoms with van der Waals surface area (Å²) in [7, 11) is 0. The minimum absolute atomic E-state index is 0.136. The molecule has 0 bridgehead atoms. The third-order valence-corrected chi connectivity index (χ3v) is 3.34. The molecule has 0 aliphatic rings. The monoisotopic (exact) mass is 256 g/mol. The van der Waals surface area contributed by atoms with Gasteiger partial charge in [-0.2, -0.15) is 0 Å². The summed E-state index contributed by atoms with van der Waals surface area (Å²) in [6.07, 6.45) is 0.388. The van der Waals surface area contributed by atoms with Gasteiger partial charge in [-0.1, -0.05) is 13.0 Å². The summed E-state index contributed by atoms with van der Waals surface area (Å²) in [6.45, 7) is 1.81. The molecular formula is C11H16N2O3S. The molecule has 5 nitrogen and oxygen atoms in total. The molecule has 0 saturated heterocycles. The van der Waals surface area contributed by atoms with Crippen molar-refractivity contribution < 1.29 is 14.7 Å². The average Bonchev–Trinajstić information content (AvgIpc) is 2.79. The van der Waals surface area contributed by atoms with Crippen LogP contribution < -0.4 is 11.1 Å². The summed E-state index contributed by atoms with van der Waals surface area (Å²) in [5.74, 6) is -1.26. The van der Waals surface area contributed by atoms with E-state index in [1.807, 2.05) is 18.4 Å². The van der Waals surface area contributed by atoms with Crippen LogP contribution in [-0.4, -0.2) is 23.0 Å². The number of carbonyl (C=O) groups is 2. The molecular weight excluding hydrogens is 240 g/mol. The highest BCUT2D eigenvalue weighted by Gasteiger charge is 2.21. The van der Waals surface area contributed by atoms with Gasteiger partial charge in [0.1, 0.15) is 0 Å². The van der Waals surface area contributed by atoms with Gasteiger partial charge in [-0.25, -0.2) is 0 Å². The van der Waals surface area contributed by atoms with Crippen LogP contribution in [0.2, 0.25) is 0 Å². The number of nitrogens with two attached hydrogens (primary N) is 1. The van der Waals surface area contributed by atoms with Crippen LogP contribution in [0, 0.1) is 0 Å². The minimum atomic E-state index is -0.950. The van der Waals surface area contributed by atoms with Crippen LogP contribution in [0.3, 0.4) is 0 Å². The van der Waals surface area contributed by atoms with Gasteiger partial charge in [0, 0.05) is 4.88 Å². The van der Waals surface area contributed by atoms with Crippen molar-refractivity contribution in [2.45, 2.75) is 31.8 Å². The van der Waals surface area contributed by atoms with E-state index in [4.69, 9.17) is 10.8 Å². The fourth-order valence-corrected chi connectivity index (χ4v) is 2.13. The maximum atomic E-state index is 11.6. The van der Waals surface area contributed by atoms with Gasteiger partial charge in [-0.05, 0) is 17.9 Å². The largest absolute Gasteiger partial charge is 0.481 e. The van der Waals surface area contributed by atoms with Gasteiger partial charge in [-0.3, -0.25) is 9.59 Å².